The number of unbranched alkanes of at least 4 members (excludes halogenated alkanes) is 2. The number of fused-ring (bicyclic) bond motifs is 1. The van der Waals surface area contributed by atoms with Crippen LogP contribution in [-0.2, 0) is 0 Å². The summed E-state index contributed by atoms with van der Waals surface area (Å²) in [5.74, 6) is 1.12. The molecule has 0 radical (unpaired) electrons. The number of ether oxygens (including phenoxy) is 1. The summed E-state index contributed by atoms with van der Waals surface area (Å²) in [5, 5.41) is 9.14. The molecule has 0 saturated heterocycles. The Morgan fingerprint density at radius 2 is 2.04 bits per heavy atom. The number of aromatic amines is 1. The highest BCUT2D eigenvalue weighted by Gasteiger charge is 2.12. The molecule has 25 heavy (non-hydrogen) atoms. The van der Waals surface area contributed by atoms with Gasteiger partial charge in [-0.3, -0.25) is 4.79 Å². The highest BCUT2D eigenvalue weighted by Crippen LogP contribution is 2.31. The Labute approximate surface area is 153 Å². The minimum absolute atomic E-state index is 0.180. The Bertz CT molecular complexity index is 992. The first-order chi connectivity index (χ1) is 12.2. The fourth-order valence-electron chi connectivity index (χ4n) is 2.52. The van der Waals surface area contributed by atoms with E-state index in [4.69, 9.17) is 10.00 Å². The molecule has 3 aromatic rings. The molecule has 0 amide bonds. The standard InChI is InChI=1S/C19H16BrN3O2/c20-13-8-9-17(25-11-5-1-4-10-21)15(12-13)18-22-16-7-3-2-6-14(16)19(24)23-18/h2-3,6-9,12H,1,4-5,11H2,(H,22,23,24). The summed E-state index contributed by atoms with van der Waals surface area (Å²) < 4.78 is 6.72. The van der Waals surface area contributed by atoms with Crippen molar-refractivity contribution in [3.8, 4) is 23.2 Å². The van der Waals surface area contributed by atoms with Gasteiger partial charge in [-0.15, -0.1) is 0 Å². The first-order valence-electron chi connectivity index (χ1n) is 7.98. The highest BCUT2D eigenvalue weighted by molar-refractivity contribution is 9.10. The van der Waals surface area contributed by atoms with Crippen molar-refractivity contribution in [2.24, 2.45) is 0 Å². The second-order valence-electron chi connectivity index (χ2n) is 5.54. The van der Waals surface area contributed by atoms with Crippen molar-refractivity contribution in [3.05, 3.63) is 57.3 Å². The number of aromatic nitrogens is 2. The third-order valence-corrected chi connectivity index (χ3v) is 4.24. The van der Waals surface area contributed by atoms with Crippen molar-refractivity contribution in [1.82, 2.24) is 9.97 Å². The number of H-pyrrole nitrogens is 1. The van der Waals surface area contributed by atoms with Crippen LogP contribution in [0.5, 0.6) is 5.75 Å². The normalized spacial score (nSPS) is 10.6. The van der Waals surface area contributed by atoms with E-state index in [1.54, 1.807) is 6.07 Å². The van der Waals surface area contributed by atoms with E-state index >= 15 is 0 Å². The number of para-hydroxylation sites is 1. The molecule has 0 atom stereocenters. The van der Waals surface area contributed by atoms with Gasteiger partial charge in [0.25, 0.3) is 5.56 Å². The predicted molar refractivity (Wildman–Crippen MR) is 100 cm³/mol. The van der Waals surface area contributed by atoms with Crippen LogP contribution in [0.1, 0.15) is 19.3 Å². The molecule has 5 nitrogen and oxygen atoms in total. The van der Waals surface area contributed by atoms with Gasteiger partial charge < -0.3 is 9.72 Å². The number of hydrogen-bond donors (Lipinski definition) is 1. The van der Waals surface area contributed by atoms with E-state index in [2.05, 4.69) is 32.0 Å². The quantitative estimate of drug-likeness (QED) is 0.624. The SMILES string of the molecule is N#CCCCCOc1ccc(Br)cc1-c1nc2ccccc2c(=O)[nH]1. The van der Waals surface area contributed by atoms with Crippen LogP contribution in [0.4, 0.5) is 0 Å². The van der Waals surface area contributed by atoms with Crippen molar-refractivity contribution in [3.63, 3.8) is 0 Å². The Morgan fingerprint density at radius 3 is 2.88 bits per heavy atom. The number of rotatable bonds is 6. The molecule has 2 aromatic carbocycles. The largest absolute Gasteiger partial charge is 0.493 e. The van der Waals surface area contributed by atoms with Crippen molar-refractivity contribution < 1.29 is 4.74 Å². The van der Waals surface area contributed by atoms with Crippen LogP contribution < -0.4 is 10.3 Å². The molecule has 0 bridgehead atoms. The Balaban J connectivity index is 1.95. The van der Waals surface area contributed by atoms with Gasteiger partial charge in [-0.2, -0.15) is 5.26 Å². The monoisotopic (exact) mass is 397 g/mol. The molecule has 0 saturated carbocycles. The zero-order chi connectivity index (χ0) is 17.6. The molecule has 1 N–H and O–H groups in total. The second-order valence-corrected chi connectivity index (χ2v) is 6.45. The molecule has 0 unspecified atom stereocenters. The molecular formula is C19H16BrN3O2. The summed E-state index contributed by atoms with van der Waals surface area (Å²) in [4.78, 5) is 19.7. The minimum Gasteiger partial charge on any atom is -0.493 e. The fourth-order valence-corrected chi connectivity index (χ4v) is 2.88. The maximum Gasteiger partial charge on any atom is 0.259 e. The molecule has 1 heterocycles. The molecule has 0 fully saturated rings. The maximum absolute atomic E-state index is 12.3. The topological polar surface area (TPSA) is 78.8 Å². The first kappa shape index (κ1) is 17.2. The van der Waals surface area contributed by atoms with Crippen LogP contribution in [0, 0.1) is 11.3 Å². The predicted octanol–water partition coefficient (Wildman–Crippen LogP) is 4.43. The van der Waals surface area contributed by atoms with E-state index in [9.17, 15) is 4.79 Å². The van der Waals surface area contributed by atoms with Gasteiger partial charge in [0.05, 0.1) is 29.1 Å². The van der Waals surface area contributed by atoms with E-state index in [0.717, 1.165) is 22.9 Å². The van der Waals surface area contributed by atoms with Gasteiger partial charge in [-0.25, -0.2) is 4.98 Å². The third-order valence-electron chi connectivity index (χ3n) is 3.75. The molecular weight excluding hydrogens is 382 g/mol. The Morgan fingerprint density at radius 1 is 1.20 bits per heavy atom. The number of benzene rings is 2. The van der Waals surface area contributed by atoms with E-state index in [1.165, 1.54) is 0 Å². The van der Waals surface area contributed by atoms with Gasteiger partial charge in [0, 0.05) is 10.9 Å². The molecule has 0 aliphatic rings. The number of nitrogens with zero attached hydrogens (tertiary/aromatic N) is 2. The molecule has 6 heteroatoms. The van der Waals surface area contributed by atoms with E-state index < -0.39 is 0 Å². The van der Waals surface area contributed by atoms with E-state index in [-0.39, 0.29) is 5.56 Å². The maximum atomic E-state index is 12.3. The van der Waals surface area contributed by atoms with Gasteiger partial charge in [-0.05, 0) is 43.2 Å². The van der Waals surface area contributed by atoms with E-state index in [1.807, 2.05) is 36.4 Å². The third kappa shape index (κ3) is 4.06. The molecule has 0 aliphatic heterocycles. The van der Waals surface area contributed by atoms with Crippen LogP contribution in [0.25, 0.3) is 22.3 Å². The summed E-state index contributed by atoms with van der Waals surface area (Å²) in [5.41, 5.74) is 1.18. The summed E-state index contributed by atoms with van der Waals surface area (Å²) in [7, 11) is 0. The molecule has 0 spiro atoms. The van der Waals surface area contributed by atoms with E-state index in [0.29, 0.717) is 35.5 Å². The summed E-state index contributed by atoms with van der Waals surface area (Å²) in [6, 6.07) is 15.0. The van der Waals surface area contributed by atoms with Gasteiger partial charge in [-0.1, -0.05) is 28.1 Å². The molecule has 3 rings (SSSR count). The summed E-state index contributed by atoms with van der Waals surface area (Å²) >= 11 is 3.45. The van der Waals surface area contributed by atoms with Crippen LogP contribution in [-0.4, -0.2) is 16.6 Å². The van der Waals surface area contributed by atoms with Gasteiger partial charge in [0.1, 0.15) is 11.6 Å². The average molecular weight is 398 g/mol. The van der Waals surface area contributed by atoms with Crippen molar-refractivity contribution in [2.75, 3.05) is 6.61 Å². The lowest BCUT2D eigenvalue weighted by molar-refractivity contribution is 0.308. The summed E-state index contributed by atoms with van der Waals surface area (Å²) in [6.45, 7) is 0.508. The highest BCUT2D eigenvalue weighted by atomic mass is 79.9. The Hall–Kier alpha value is -2.65. The number of hydrogen-bond acceptors (Lipinski definition) is 4. The fraction of sp³-hybridized carbons (Fsp3) is 0.211. The lowest BCUT2D eigenvalue weighted by atomic mass is 10.1. The smallest absolute Gasteiger partial charge is 0.259 e. The van der Waals surface area contributed by atoms with Crippen LogP contribution >= 0.6 is 15.9 Å². The zero-order valence-corrected chi connectivity index (χ0v) is 15.0. The lowest BCUT2D eigenvalue weighted by Gasteiger charge is -2.12. The van der Waals surface area contributed by atoms with Crippen molar-refractivity contribution in [1.29, 1.82) is 5.26 Å². The minimum atomic E-state index is -0.180. The number of halogens is 1. The van der Waals surface area contributed by atoms with Crippen LogP contribution in [0.3, 0.4) is 0 Å². The van der Waals surface area contributed by atoms with Crippen molar-refractivity contribution >= 4 is 26.8 Å². The lowest BCUT2D eigenvalue weighted by Crippen LogP contribution is -2.10. The number of nitrogens with one attached hydrogen (secondary N) is 1. The molecule has 0 aliphatic carbocycles. The first-order valence-corrected chi connectivity index (χ1v) is 8.77. The number of nitriles is 1. The summed E-state index contributed by atoms with van der Waals surface area (Å²) in [6.07, 6.45) is 2.12. The van der Waals surface area contributed by atoms with Gasteiger partial charge >= 0.3 is 0 Å². The van der Waals surface area contributed by atoms with Gasteiger partial charge in [0.2, 0.25) is 0 Å². The zero-order valence-electron chi connectivity index (χ0n) is 13.5. The Kier molecular flexibility index (Phi) is 5.46. The van der Waals surface area contributed by atoms with Gasteiger partial charge in [0.15, 0.2) is 0 Å². The van der Waals surface area contributed by atoms with Crippen LogP contribution in [0.2, 0.25) is 0 Å². The van der Waals surface area contributed by atoms with Crippen LogP contribution in [0.15, 0.2) is 51.7 Å². The molecule has 126 valence electrons. The second kappa shape index (κ2) is 7.95. The molecule has 1 aromatic heterocycles. The van der Waals surface area contributed by atoms with Crippen molar-refractivity contribution in [2.45, 2.75) is 19.3 Å². The average Bonchev–Trinajstić information content (AvgIpc) is 2.62.